The molecule has 134 valence electrons. The third-order valence-corrected chi connectivity index (χ3v) is 3.50. The Morgan fingerprint density at radius 2 is 2.20 bits per heavy atom. The standard InChI is InChI=1S/C18H23N3O4/c1-4-25-9-5-8-20-18(22)15(12-19)10-14-6-7-16(13(2)3)17(11-14)21(23)24/h6-7,10-11,13H,4-5,8-9H2,1-3H3,(H,20,22)/b15-10+. The van der Waals surface area contributed by atoms with Gasteiger partial charge in [-0.1, -0.05) is 26.0 Å². The Labute approximate surface area is 147 Å². The van der Waals surface area contributed by atoms with E-state index in [1.807, 2.05) is 26.8 Å². The van der Waals surface area contributed by atoms with Crippen molar-refractivity contribution in [2.45, 2.75) is 33.1 Å². The second kappa shape index (κ2) is 10.2. The first kappa shape index (κ1) is 20.3. The van der Waals surface area contributed by atoms with Gasteiger partial charge in [0.1, 0.15) is 11.6 Å². The molecule has 0 aliphatic heterocycles. The minimum absolute atomic E-state index is 0.00232. The zero-order valence-corrected chi connectivity index (χ0v) is 14.7. The summed E-state index contributed by atoms with van der Waals surface area (Å²) in [5.74, 6) is -0.503. The van der Waals surface area contributed by atoms with Crippen LogP contribution in [0.5, 0.6) is 0 Å². The number of hydrogen-bond donors (Lipinski definition) is 1. The van der Waals surface area contributed by atoms with Crippen molar-refractivity contribution in [2.24, 2.45) is 0 Å². The molecule has 0 saturated carbocycles. The van der Waals surface area contributed by atoms with Crippen molar-refractivity contribution >= 4 is 17.7 Å². The average molecular weight is 345 g/mol. The summed E-state index contributed by atoms with van der Waals surface area (Å²) in [6.07, 6.45) is 2.00. The molecule has 1 amide bonds. The van der Waals surface area contributed by atoms with Crippen molar-refractivity contribution in [3.8, 4) is 6.07 Å². The Bertz CT molecular complexity index is 690. The highest BCUT2D eigenvalue weighted by molar-refractivity contribution is 6.01. The third-order valence-electron chi connectivity index (χ3n) is 3.50. The lowest BCUT2D eigenvalue weighted by Gasteiger charge is -2.07. The van der Waals surface area contributed by atoms with E-state index in [-0.39, 0.29) is 17.2 Å². The summed E-state index contributed by atoms with van der Waals surface area (Å²) in [6, 6.07) is 6.55. The van der Waals surface area contributed by atoms with E-state index in [4.69, 9.17) is 4.74 Å². The normalized spacial score (nSPS) is 11.2. The lowest BCUT2D eigenvalue weighted by molar-refractivity contribution is -0.385. The van der Waals surface area contributed by atoms with Crippen molar-refractivity contribution in [2.75, 3.05) is 19.8 Å². The van der Waals surface area contributed by atoms with E-state index in [1.165, 1.54) is 12.1 Å². The van der Waals surface area contributed by atoms with E-state index in [0.29, 0.717) is 37.3 Å². The molecule has 7 heteroatoms. The van der Waals surface area contributed by atoms with Gasteiger partial charge < -0.3 is 10.1 Å². The van der Waals surface area contributed by atoms with Gasteiger partial charge >= 0.3 is 0 Å². The van der Waals surface area contributed by atoms with Gasteiger partial charge in [0.25, 0.3) is 11.6 Å². The first-order valence-corrected chi connectivity index (χ1v) is 8.16. The van der Waals surface area contributed by atoms with Gasteiger partial charge in [-0.15, -0.1) is 0 Å². The van der Waals surface area contributed by atoms with Crippen LogP contribution in [0.25, 0.3) is 6.08 Å². The number of nitrogens with one attached hydrogen (secondary N) is 1. The van der Waals surface area contributed by atoms with E-state index in [0.717, 1.165) is 0 Å². The Hall–Kier alpha value is -2.72. The Morgan fingerprint density at radius 3 is 2.76 bits per heavy atom. The van der Waals surface area contributed by atoms with Crippen molar-refractivity contribution in [1.29, 1.82) is 5.26 Å². The van der Waals surface area contributed by atoms with Crippen LogP contribution in [-0.2, 0) is 9.53 Å². The maximum atomic E-state index is 12.0. The molecule has 0 radical (unpaired) electrons. The van der Waals surface area contributed by atoms with E-state index in [2.05, 4.69) is 5.32 Å². The number of benzene rings is 1. The molecule has 1 rings (SSSR count). The molecular weight excluding hydrogens is 322 g/mol. The first-order chi connectivity index (χ1) is 11.9. The minimum Gasteiger partial charge on any atom is -0.382 e. The molecule has 0 unspecified atom stereocenters. The second-order valence-electron chi connectivity index (χ2n) is 5.71. The van der Waals surface area contributed by atoms with Crippen molar-refractivity contribution in [3.63, 3.8) is 0 Å². The molecule has 0 spiro atoms. The fourth-order valence-electron chi connectivity index (χ4n) is 2.23. The van der Waals surface area contributed by atoms with Gasteiger partial charge in [0, 0.05) is 31.4 Å². The lowest BCUT2D eigenvalue weighted by atomic mass is 9.98. The quantitative estimate of drug-likeness (QED) is 0.243. The number of rotatable bonds is 9. The molecule has 0 atom stereocenters. The maximum Gasteiger partial charge on any atom is 0.273 e. The predicted molar refractivity (Wildman–Crippen MR) is 94.9 cm³/mol. The van der Waals surface area contributed by atoms with Gasteiger partial charge in [0.2, 0.25) is 0 Å². The van der Waals surface area contributed by atoms with Crippen molar-refractivity contribution < 1.29 is 14.5 Å². The van der Waals surface area contributed by atoms with Crippen molar-refractivity contribution in [3.05, 3.63) is 45.0 Å². The number of nitriles is 1. The molecule has 25 heavy (non-hydrogen) atoms. The summed E-state index contributed by atoms with van der Waals surface area (Å²) in [6.45, 7) is 7.17. The SMILES string of the molecule is CCOCCCNC(=O)/C(C#N)=C/c1ccc(C(C)C)c([N+](=O)[O-])c1. The monoisotopic (exact) mass is 345 g/mol. The molecule has 0 aliphatic rings. The third kappa shape index (κ3) is 6.36. The lowest BCUT2D eigenvalue weighted by Crippen LogP contribution is -2.26. The number of nitro benzene ring substituents is 1. The molecule has 0 aliphatic carbocycles. The molecule has 0 fully saturated rings. The molecule has 1 N–H and O–H groups in total. The minimum atomic E-state index is -0.505. The van der Waals surface area contributed by atoms with Gasteiger partial charge in [0.05, 0.1) is 4.92 Å². The smallest absolute Gasteiger partial charge is 0.273 e. The Balaban J connectivity index is 2.91. The summed E-state index contributed by atoms with van der Waals surface area (Å²) < 4.78 is 5.17. The van der Waals surface area contributed by atoms with Crippen LogP contribution in [0.3, 0.4) is 0 Å². The summed E-state index contributed by atoms with van der Waals surface area (Å²) in [7, 11) is 0. The fourth-order valence-corrected chi connectivity index (χ4v) is 2.23. The highest BCUT2D eigenvalue weighted by Crippen LogP contribution is 2.28. The number of amides is 1. The first-order valence-electron chi connectivity index (χ1n) is 8.16. The highest BCUT2D eigenvalue weighted by Gasteiger charge is 2.17. The average Bonchev–Trinajstić information content (AvgIpc) is 2.58. The topological polar surface area (TPSA) is 105 Å². The molecule has 1 aromatic carbocycles. The number of nitrogens with zero attached hydrogens (tertiary/aromatic N) is 2. The van der Waals surface area contributed by atoms with Crippen molar-refractivity contribution in [1.82, 2.24) is 5.32 Å². The number of nitro groups is 1. The number of hydrogen-bond acceptors (Lipinski definition) is 5. The van der Waals surface area contributed by atoms with Crippen LogP contribution in [0.15, 0.2) is 23.8 Å². The Kier molecular flexibility index (Phi) is 8.30. The molecule has 0 heterocycles. The van der Waals surface area contributed by atoms with E-state index < -0.39 is 10.8 Å². The van der Waals surface area contributed by atoms with Crippen LogP contribution >= 0.6 is 0 Å². The van der Waals surface area contributed by atoms with Crippen LogP contribution in [0.1, 0.15) is 44.2 Å². The summed E-state index contributed by atoms with van der Waals surface area (Å²) in [4.78, 5) is 22.8. The number of carbonyl (C=O) groups is 1. The van der Waals surface area contributed by atoms with Gasteiger partial charge in [-0.3, -0.25) is 14.9 Å². The number of ether oxygens (including phenoxy) is 1. The molecule has 7 nitrogen and oxygen atoms in total. The largest absolute Gasteiger partial charge is 0.382 e. The number of carbonyl (C=O) groups excluding carboxylic acids is 1. The van der Waals surface area contributed by atoms with E-state index in [1.54, 1.807) is 12.1 Å². The van der Waals surface area contributed by atoms with Gasteiger partial charge in [-0.25, -0.2) is 0 Å². The summed E-state index contributed by atoms with van der Waals surface area (Å²) in [5.41, 5.74) is 0.944. The molecule has 0 aromatic heterocycles. The van der Waals surface area contributed by atoms with Crippen LogP contribution < -0.4 is 5.32 Å². The highest BCUT2D eigenvalue weighted by atomic mass is 16.6. The fraction of sp³-hybridized carbons (Fsp3) is 0.444. The predicted octanol–water partition coefficient (Wildman–Crippen LogP) is 3.17. The molecular formula is C18H23N3O4. The van der Waals surface area contributed by atoms with Crippen LogP contribution in [0.2, 0.25) is 0 Å². The van der Waals surface area contributed by atoms with Crippen LogP contribution in [0.4, 0.5) is 5.69 Å². The van der Waals surface area contributed by atoms with Gasteiger partial charge in [-0.05, 0) is 30.9 Å². The van der Waals surface area contributed by atoms with Crippen LogP contribution in [0, 0.1) is 21.4 Å². The van der Waals surface area contributed by atoms with Gasteiger partial charge in [0.15, 0.2) is 0 Å². The zero-order chi connectivity index (χ0) is 18.8. The van der Waals surface area contributed by atoms with E-state index in [9.17, 15) is 20.2 Å². The molecule has 0 saturated heterocycles. The Morgan fingerprint density at radius 1 is 1.48 bits per heavy atom. The van der Waals surface area contributed by atoms with Crippen LogP contribution in [-0.4, -0.2) is 30.6 Å². The zero-order valence-electron chi connectivity index (χ0n) is 14.7. The van der Waals surface area contributed by atoms with E-state index >= 15 is 0 Å². The second-order valence-corrected chi connectivity index (χ2v) is 5.71. The maximum absolute atomic E-state index is 12.0. The summed E-state index contributed by atoms with van der Waals surface area (Å²) in [5, 5.41) is 23.0. The van der Waals surface area contributed by atoms with Gasteiger partial charge in [-0.2, -0.15) is 5.26 Å². The summed E-state index contributed by atoms with van der Waals surface area (Å²) >= 11 is 0. The molecule has 0 bridgehead atoms. The molecule has 1 aromatic rings.